The number of hydrogen-bond acceptors (Lipinski definition) is 4. The molecule has 0 N–H and O–H groups in total. The van der Waals surface area contributed by atoms with Crippen LogP contribution in [0, 0.1) is 11.8 Å². The molecule has 0 aliphatic heterocycles. The summed E-state index contributed by atoms with van der Waals surface area (Å²) in [5, 5.41) is 0. The summed E-state index contributed by atoms with van der Waals surface area (Å²) in [4.78, 5) is 16.1. The van der Waals surface area contributed by atoms with Crippen LogP contribution in [0.4, 0.5) is 0 Å². The number of pyridine rings is 1. The van der Waals surface area contributed by atoms with Crippen LogP contribution in [0.3, 0.4) is 0 Å². The van der Waals surface area contributed by atoms with E-state index in [4.69, 9.17) is 9.47 Å². The van der Waals surface area contributed by atoms with Gasteiger partial charge in [0.2, 0.25) is 0 Å². The predicted molar refractivity (Wildman–Crippen MR) is 101 cm³/mol. The summed E-state index contributed by atoms with van der Waals surface area (Å²) in [7, 11) is 0. The molecule has 2 aromatic rings. The molecule has 1 atom stereocenters. The number of esters is 1. The lowest BCUT2D eigenvalue weighted by atomic mass is 10.2. The minimum absolute atomic E-state index is 0.310. The highest BCUT2D eigenvalue weighted by Gasteiger charge is 2.13. The van der Waals surface area contributed by atoms with Gasteiger partial charge >= 0.3 is 5.97 Å². The highest BCUT2D eigenvalue weighted by molar-refractivity contribution is 5.87. The number of hydrogen-bond donors (Lipinski definition) is 0. The standard InChI is InChI=1S/C22H25NO3/c1-2-11-20(26-22(24)21-15-8-9-16-23-21)14-7-4-10-17-25-18-19-12-5-3-6-13-19/h3,5-6,8-9,12-13,15-16,20H,2,4,10-11,17-18H2,1H3/t20-/m0/s1. The van der Waals surface area contributed by atoms with Gasteiger partial charge in [-0.2, -0.15) is 0 Å². The van der Waals surface area contributed by atoms with E-state index in [9.17, 15) is 4.79 Å². The number of nitrogens with zero attached hydrogens (tertiary/aromatic N) is 1. The quantitative estimate of drug-likeness (QED) is 0.381. The molecule has 0 saturated heterocycles. The van der Waals surface area contributed by atoms with E-state index in [1.165, 1.54) is 5.56 Å². The second-order valence-corrected chi connectivity index (χ2v) is 5.86. The van der Waals surface area contributed by atoms with Gasteiger partial charge < -0.3 is 9.47 Å². The first kappa shape index (κ1) is 19.7. The maximum Gasteiger partial charge on any atom is 0.358 e. The summed E-state index contributed by atoms with van der Waals surface area (Å²) in [6.07, 6.45) is 4.38. The van der Waals surface area contributed by atoms with Crippen LogP contribution in [0.5, 0.6) is 0 Å². The number of rotatable bonds is 9. The lowest BCUT2D eigenvalue weighted by Crippen LogP contribution is -2.17. The smallest absolute Gasteiger partial charge is 0.358 e. The number of benzene rings is 1. The Bertz CT molecular complexity index is 704. The molecule has 2 rings (SSSR count). The monoisotopic (exact) mass is 351 g/mol. The summed E-state index contributed by atoms with van der Waals surface area (Å²) in [5.74, 6) is 5.73. The molecule has 4 nitrogen and oxygen atoms in total. The van der Waals surface area contributed by atoms with Crippen molar-refractivity contribution in [2.45, 2.75) is 45.3 Å². The van der Waals surface area contributed by atoms with Gasteiger partial charge in [0.25, 0.3) is 0 Å². The van der Waals surface area contributed by atoms with Gasteiger partial charge in [0.05, 0.1) is 6.61 Å². The minimum atomic E-state index is -0.426. The third kappa shape index (κ3) is 7.50. The van der Waals surface area contributed by atoms with Crippen LogP contribution in [0.1, 0.15) is 48.7 Å². The first-order valence-electron chi connectivity index (χ1n) is 9.01. The van der Waals surface area contributed by atoms with Crippen LogP contribution < -0.4 is 0 Å². The van der Waals surface area contributed by atoms with E-state index in [0.29, 0.717) is 18.9 Å². The summed E-state index contributed by atoms with van der Waals surface area (Å²) in [5.41, 5.74) is 1.48. The van der Waals surface area contributed by atoms with Gasteiger partial charge in [-0.25, -0.2) is 9.78 Å². The van der Waals surface area contributed by atoms with Crippen LogP contribution in [-0.2, 0) is 16.1 Å². The lowest BCUT2D eigenvalue weighted by molar-refractivity contribution is 0.0389. The Morgan fingerprint density at radius 1 is 1.15 bits per heavy atom. The fourth-order valence-electron chi connectivity index (χ4n) is 2.31. The topological polar surface area (TPSA) is 48.4 Å². The maximum atomic E-state index is 12.1. The molecule has 4 heteroatoms. The van der Waals surface area contributed by atoms with E-state index in [1.54, 1.807) is 24.4 Å². The van der Waals surface area contributed by atoms with Crippen molar-refractivity contribution in [2.75, 3.05) is 6.61 Å². The fourth-order valence-corrected chi connectivity index (χ4v) is 2.31. The molecule has 0 bridgehead atoms. The normalized spacial score (nSPS) is 11.3. The Balaban J connectivity index is 1.69. The van der Waals surface area contributed by atoms with Gasteiger partial charge in [0, 0.05) is 19.2 Å². The molecule has 0 aliphatic rings. The molecule has 0 saturated carbocycles. The van der Waals surface area contributed by atoms with E-state index >= 15 is 0 Å². The fraction of sp³-hybridized carbons (Fsp3) is 0.364. The van der Waals surface area contributed by atoms with Crippen LogP contribution in [0.2, 0.25) is 0 Å². The Labute approximate surface area is 155 Å². The van der Waals surface area contributed by atoms with Crippen LogP contribution in [0.25, 0.3) is 0 Å². The van der Waals surface area contributed by atoms with E-state index in [-0.39, 0.29) is 6.10 Å². The molecule has 26 heavy (non-hydrogen) atoms. The number of unbranched alkanes of at least 4 members (excludes halogenated alkanes) is 1. The Morgan fingerprint density at radius 3 is 2.69 bits per heavy atom. The Kier molecular flexibility index (Phi) is 8.96. The van der Waals surface area contributed by atoms with Gasteiger partial charge in [-0.1, -0.05) is 61.6 Å². The zero-order chi connectivity index (χ0) is 18.5. The van der Waals surface area contributed by atoms with E-state index < -0.39 is 5.97 Å². The second kappa shape index (κ2) is 11.8. The number of carbonyl (C=O) groups excluding carboxylic acids is 1. The van der Waals surface area contributed by atoms with Crippen molar-refractivity contribution in [1.29, 1.82) is 0 Å². The zero-order valence-electron chi connectivity index (χ0n) is 15.2. The highest BCUT2D eigenvalue weighted by Crippen LogP contribution is 2.06. The van der Waals surface area contributed by atoms with Crippen molar-refractivity contribution >= 4 is 5.97 Å². The van der Waals surface area contributed by atoms with E-state index in [0.717, 1.165) is 25.7 Å². The highest BCUT2D eigenvalue weighted by atomic mass is 16.5. The molecule has 0 radical (unpaired) electrons. The van der Waals surface area contributed by atoms with Crippen LogP contribution in [-0.4, -0.2) is 23.7 Å². The third-order valence-electron chi connectivity index (χ3n) is 3.64. The molecule has 0 spiro atoms. The summed E-state index contributed by atoms with van der Waals surface area (Å²) < 4.78 is 11.1. The lowest BCUT2D eigenvalue weighted by Gasteiger charge is -2.10. The molecule has 0 aliphatic carbocycles. The Hall–Kier alpha value is -2.64. The molecule has 0 unspecified atom stereocenters. The van der Waals surface area contributed by atoms with Crippen LogP contribution >= 0.6 is 0 Å². The summed E-state index contributed by atoms with van der Waals surface area (Å²) >= 11 is 0. The van der Waals surface area contributed by atoms with Gasteiger partial charge in [0.15, 0.2) is 6.10 Å². The zero-order valence-corrected chi connectivity index (χ0v) is 15.2. The Morgan fingerprint density at radius 2 is 1.96 bits per heavy atom. The van der Waals surface area contributed by atoms with Crippen molar-refractivity contribution in [3.63, 3.8) is 0 Å². The molecule has 0 amide bonds. The van der Waals surface area contributed by atoms with Crippen molar-refractivity contribution in [3.05, 3.63) is 66.0 Å². The first-order chi connectivity index (χ1) is 12.8. The first-order valence-corrected chi connectivity index (χ1v) is 9.01. The van der Waals surface area contributed by atoms with Crippen molar-refractivity contribution in [3.8, 4) is 11.8 Å². The number of ether oxygens (including phenoxy) is 2. The van der Waals surface area contributed by atoms with Gasteiger partial charge in [-0.15, -0.1) is 0 Å². The molecule has 1 heterocycles. The number of aromatic nitrogens is 1. The SMILES string of the molecule is CCC[C@@H](C#CCCCOCc1ccccc1)OC(=O)c1ccccn1. The molecular formula is C22H25NO3. The molecule has 1 aromatic heterocycles. The summed E-state index contributed by atoms with van der Waals surface area (Å²) in [6.45, 7) is 3.32. The van der Waals surface area contributed by atoms with Crippen molar-refractivity contribution in [2.24, 2.45) is 0 Å². The molecule has 0 fully saturated rings. The minimum Gasteiger partial charge on any atom is -0.444 e. The van der Waals surface area contributed by atoms with Crippen LogP contribution in [0.15, 0.2) is 54.7 Å². The van der Waals surface area contributed by atoms with E-state index in [2.05, 4.69) is 16.8 Å². The molecular weight excluding hydrogens is 326 g/mol. The average molecular weight is 351 g/mol. The maximum absolute atomic E-state index is 12.1. The summed E-state index contributed by atoms with van der Waals surface area (Å²) in [6, 6.07) is 15.3. The van der Waals surface area contributed by atoms with Gasteiger partial charge in [-0.05, 0) is 30.5 Å². The largest absolute Gasteiger partial charge is 0.444 e. The molecule has 1 aromatic carbocycles. The predicted octanol–water partition coefficient (Wildman–Crippen LogP) is 4.41. The number of carbonyl (C=O) groups is 1. The average Bonchev–Trinajstić information content (AvgIpc) is 2.68. The van der Waals surface area contributed by atoms with Gasteiger partial charge in [-0.3, -0.25) is 0 Å². The third-order valence-corrected chi connectivity index (χ3v) is 3.64. The van der Waals surface area contributed by atoms with E-state index in [1.807, 2.05) is 37.3 Å². The van der Waals surface area contributed by atoms with Crippen molar-refractivity contribution < 1.29 is 14.3 Å². The molecule has 136 valence electrons. The van der Waals surface area contributed by atoms with Gasteiger partial charge in [0.1, 0.15) is 5.69 Å². The van der Waals surface area contributed by atoms with Crippen molar-refractivity contribution in [1.82, 2.24) is 4.98 Å². The second-order valence-electron chi connectivity index (χ2n) is 5.86.